The second-order valence-electron chi connectivity index (χ2n) is 8.10. The number of nitrogens with zero attached hydrogens (tertiary/aromatic N) is 3. The summed E-state index contributed by atoms with van der Waals surface area (Å²) >= 11 is 1.24. The van der Waals surface area contributed by atoms with Crippen LogP contribution in [0.25, 0.3) is 0 Å². The average Bonchev–Trinajstić information content (AvgIpc) is 3.11. The number of thiophene rings is 1. The number of rotatable bonds is 5. The molecule has 2 aromatic heterocycles. The molecular formula is C22H29N3O3S2. The molecule has 2 aromatic rings. The van der Waals surface area contributed by atoms with E-state index in [0.29, 0.717) is 17.3 Å². The van der Waals surface area contributed by atoms with Gasteiger partial charge >= 0.3 is 0 Å². The van der Waals surface area contributed by atoms with Crippen LogP contribution in [0.3, 0.4) is 0 Å². The number of pyridine rings is 1. The summed E-state index contributed by atoms with van der Waals surface area (Å²) in [6.45, 7) is 1.93. The number of likely N-dealkylation sites (tertiary alicyclic amines) is 1. The van der Waals surface area contributed by atoms with Crippen molar-refractivity contribution in [2.75, 3.05) is 19.6 Å². The summed E-state index contributed by atoms with van der Waals surface area (Å²) in [5.41, 5.74) is 1.12. The predicted octanol–water partition coefficient (Wildman–Crippen LogP) is 4.00. The molecular weight excluding hydrogens is 418 g/mol. The van der Waals surface area contributed by atoms with Gasteiger partial charge in [-0.05, 0) is 55.5 Å². The number of amides is 1. The van der Waals surface area contributed by atoms with Gasteiger partial charge in [-0.15, -0.1) is 11.3 Å². The van der Waals surface area contributed by atoms with Crippen molar-refractivity contribution in [3.05, 3.63) is 47.1 Å². The lowest BCUT2D eigenvalue weighted by atomic mass is 10.0. The molecule has 1 unspecified atom stereocenters. The van der Waals surface area contributed by atoms with Crippen LogP contribution in [0.1, 0.15) is 61.4 Å². The van der Waals surface area contributed by atoms with Crippen LogP contribution in [0, 0.1) is 0 Å². The predicted molar refractivity (Wildman–Crippen MR) is 118 cm³/mol. The first-order valence-corrected chi connectivity index (χ1v) is 13.1. The fraction of sp³-hybridized carbons (Fsp3) is 0.545. The highest BCUT2D eigenvalue weighted by Crippen LogP contribution is 2.32. The van der Waals surface area contributed by atoms with Crippen LogP contribution in [0.5, 0.6) is 0 Å². The van der Waals surface area contributed by atoms with Gasteiger partial charge < -0.3 is 4.90 Å². The molecule has 0 bridgehead atoms. The first-order valence-electron chi connectivity index (χ1n) is 10.8. The summed E-state index contributed by atoms with van der Waals surface area (Å²) in [5, 5.41) is 0. The number of sulfonamides is 1. The van der Waals surface area contributed by atoms with E-state index < -0.39 is 10.0 Å². The highest BCUT2D eigenvalue weighted by atomic mass is 32.2. The zero-order chi connectivity index (χ0) is 21.0. The number of hydrogen-bond acceptors (Lipinski definition) is 5. The van der Waals surface area contributed by atoms with Gasteiger partial charge in [-0.3, -0.25) is 9.78 Å². The Morgan fingerprint density at radius 2 is 1.67 bits per heavy atom. The topological polar surface area (TPSA) is 70.6 Å². The van der Waals surface area contributed by atoms with E-state index in [2.05, 4.69) is 4.98 Å². The van der Waals surface area contributed by atoms with Gasteiger partial charge in [0.15, 0.2) is 0 Å². The first-order chi connectivity index (χ1) is 14.6. The van der Waals surface area contributed by atoms with Crippen molar-refractivity contribution in [2.45, 2.75) is 61.6 Å². The molecule has 162 valence electrons. The standard InChI is InChI=1S/C22H29N3O3S2/c26-21(25-16-6-1-3-7-20(25)18-10-12-23-13-11-18)17-19-8-9-22(29-19)30(27,28)24-14-4-2-5-15-24/h8-13,20H,1-7,14-17H2. The summed E-state index contributed by atoms with van der Waals surface area (Å²) in [4.78, 5) is 20.1. The number of carbonyl (C=O) groups is 1. The summed E-state index contributed by atoms with van der Waals surface area (Å²) in [6, 6.07) is 7.52. The molecule has 2 fully saturated rings. The lowest BCUT2D eigenvalue weighted by Crippen LogP contribution is -2.35. The van der Waals surface area contributed by atoms with E-state index in [9.17, 15) is 13.2 Å². The quantitative estimate of drug-likeness (QED) is 0.695. The normalized spacial score (nSPS) is 21.3. The van der Waals surface area contributed by atoms with Gasteiger partial charge in [-0.2, -0.15) is 4.31 Å². The van der Waals surface area contributed by atoms with Crippen LogP contribution in [0.15, 0.2) is 40.9 Å². The minimum atomic E-state index is -3.44. The molecule has 2 aliphatic heterocycles. The van der Waals surface area contributed by atoms with Crippen molar-refractivity contribution in [1.82, 2.24) is 14.2 Å². The Morgan fingerprint density at radius 3 is 2.43 bits per heavy atom. The zero-order valence-electron chi connectivity index (χ0n) is 17.2. The number of carbonyl (C=O) groups excluding carboxylic acids is 1. The van der Waals surface area contributed by atoms with Crippen LogP contribution in [-0.2, 0) is 21.2 Å². The van der Waals surface area contributed by atoms with Gasteiger partial charge in [0.25, 0.3) is 10.0 Å². The van der Waals surface area contributed by atoms with Crippen molar-refractivity contribution in [2.24, 2.45) is 0 Å². The third-order valence-corrected chi connectivity index (χ3v) is 9.49. The highest BCUT2D eigenvalue weighted by molar-refractivity contribution is 7.91. The zero-order valence-corrected chi connectivity index (χ0v) is 18.8. The molecule has 30 heavy (non-hydrogen) atoms. The van der Waals surface area contributed by atoms with Crippen molar-refractivity contribution in [1.29, 1.82) is 0 Å². The molecule has 1 amide bonds. The number of piperidine rings is 1. The largest absolute Gasteiger partial charge is 0.335 e. The summed E-state index contributed by atoms with van der Waals surface area (Å²) in [6.07, 6.45) is 10.9. The van der Waals surface area contributed by atoms with E-state index in [1.165, 1.54) is 11.3 Å². The summed E-state index contributed by atoms with van der Waals surface area (Å²) in [5.74, 6) is 0.0717. The van der Waals surface area contributed by atoms with Crippen molar-refractivity contribution in [3.8, 4) is 0 Å². The van der Waals surface area contributed by atoms with Crippen molar-refractivity contribution < 1.29 is 13.2 Å². The Morgan fingerprint density at radius 1 is 0.967 bits per heavy atom. The molecule has 6 nitrogen and oxygen atoms in total. The van der Waals surface area contributed by atoms with Crippen LogP contribution >= 0.6 is 11.3 Å². The SMILES string of the molecule is O=C(Cc1ccc(S(=O)(=O)N2CCCCC2)s1)N1CCCCCC1c1ccncc1. The third kappa shape index (κ3) is 4.76. The van der Waals surface area contributed by atoms with Crippen LogP contribution < -0.4 is 0 Å². The average molecular weight is 448 g/mol. The molecule has 8 heteroatoms. The highest BCUT2D eigenvalue weighted by Gasteiger charge is 2.29. The molecule has 0 aromatic carbocycles. The monoisotopic (exact) mass is 447 g/mol. The van der Waals surface area contributed by atoms with E-state index in [-0.39, 0.29) is 18.4 Å². The smallest absolute Gasteiger partial charge is 0.252 e. The van der Waals surface area contributed by atoms with Gasteiger partial charge in [0, 0.05) is 36.9 Å². The minimum absolute atomic E-state index is 0.0690. The first kappa shape index (κ1) is 21.5. The fourth-order valence-corrected chi connectivity index (χ4v) is 7.43. The number of hydrogen-bond donors (Lipinski definition) is 0. The second-order valence-corrected chi connectivity index (χ2v) is 11.4. The third-order valence-electron chi connectivity index (χ3n) is 6.04. The lowest BCUT2D eigenvalue weighted by molar-refractivity contribution is -0.132. The Hall–Kier alpha value is -1.77. The van der Waals surface area contributed by atoms with E-state index in [0.717, 1.165) is 61.9 Å². The Kier molecular flexibility index (Phi) is 6.85. The minimum Gasteiger partial charge on any atom is -0.335 e. The van der Waals surface area contributed by atoms with E-state index >= 15 is 0 Å². The molecule has 0 radical (unpaired) electrons. The Labute approximate surface area is 183 Å². The second kappa shape index (κ2) is 9.58. The maximum Gasteiger partial charge on any atom is 0.252 e. The van der Waals surface area contributed by atoms with Gasteiger partial charge in [0.1, 0.15) is 4.21 Å². The van der Waals surface area contributed by atoms with Crippen LogP contribution in [-0.4, -0.2) is 48.1 Å². The molecule has 0 aliphatic carbocycles. The van der Waals surface area contributed by atoms with E-state index in [4.69, 9.17) is 0 Å². The summed E-state index contributed by atoms with van der Waals surface area (Å²) < 4.78 is 27.8. The van der Waals surface area contributed by atoms with Crippen molar-refractivity contribution >= 4 is 27.3 Å². The molecule has 0 saturated carbocycles. The Bertz CT molecular complexity index is 953. The molecule has 0 N–H and O–H groups in total. The molecule has 4 heterocycles. The summed E-state index contributed by atoms with van der Waals surface area (Å²) in [7, 11) is -3.44. The van der Waals surface area contributed by atoms with Crippen LogP contribution in [0.4, 0.5) is 0 Å². The number of aromatic nitrogens is 1. The van der Waals surface area contributed by atoms with Gasteiger partial charge in [0.05, 0.1) is 12.5 Å². The van der Waals surface area contributed by atoms with Gasteiger partial charge in [-0.25, -0.2) is 8.42 Å². The lowest BCUT2D eigenvalue weighted by Gasteiger charge is -2.30. The van der Waals surface area contributed by atoms with E-state index in [1.54, 1.807) is 28.8 Å². The van der Waals surface area contributed by atoms with Gasteiger partial charge in [-0.1, -0.05) is 19.3 Å². The van der Waals surface area contributed by atoms with Crippen molar-refractivity contribution in [3.63, 3.8) is 0 Å². The van der Waals surface area contributed by atoms with Gasteiger partial charge in [0.2, 0.25) is 5.91 Å². The fourth-order valence-electron chi connectivity index (χ4n) is 4.41. The Balaban J connectivity index is 1.49. The molecule has 4 rings (SSSR count). The molecule has 2 saturated heterocycles. The maximum absolute atomic E-state index is 13.2. The molecule has 1 atom stereocenters. The van der Waals surface area contributed by atoms with Crippen LogP contribution in [0.2, 0.25) is 0 Å². The maximum atomic E-state index is 13.2. The molecule has 0 spiro atoms. The molecule has 2 aliphatic rings. The van der Waals surface area contributed by atoms with E-state index in [1.807, 2.05) is 17.0 Å².